The number of pyridine rings is 1. The Balaban J connectivity index is 2.92. The number of carbonyl (C=O) groups excluding carboxylic acids is 1. The highest BCUT2D eigenvalue weighted by Crippen LogP contribution is 2.11. The van der Waals surface area contributed by atoms with Crippen LogP contribution in [0, 0.1) is 0 Å². The average molecular weight is 151 g/mol. The Morgan fingerprint density at radius 2 is 2.55 bits per heavy atom. The SMILES string of the molecule is CCOc1cccnc1C=O. The lowest BCUT2D eigenvalue weighted by Gasteiger charge is -2.02. The van der Waals surface area contributed by atoms with E-state index in [2.05, 4.69) is 4.98 Å². The fourth-order valence-corrected chi connectivity index (χ4v) is 0.769. The summed E-state index contributed by atoms with van der Waals surface area (Å²) in [6, 6.07) is 3.46. The van der Waals surface area contributed by atoms with Crippen molar-refractivity contribution >= 4 is 6.29 Å². The topological polar surface area (TPSA) is 39.2 Å². The molecule has 58 valence electrons. The molecule has 1 aromatic rings. The number of carbonyl (C=O) groups is 1. The highest BCUT2D eigenvalue weighted by molar-refractivity contribution is 5.75. The van der Waals surface area contributed by atoms with Crippen LogP contribution in [0.5, 0.6) is 5.75 Å². The normalized spacial score (nSPS) is 9.18. The van der Waals surface area contributed by atoms with Gasteiger partial charge in [-0.2, -0.15) is 0 Å². The first-order chi connectivity index (χ1) is 5.38. The van der Waals surface area contributed by atoms with Crippen LogP contribution in [-0.4, -0.2) is 17.9 Å². The fraction of sp³-hybridized carbons (Fsp3) is 0.250. The minimum absolute atomic E-state index is 0.356. The van der Waals surface area contributed by atoms with Crippen LogP contribution in [0.3, 0.4) is 0 Å². The van der Waals surface area contributed by atoms with E-state index in [-0.39, 0.29) is 0 Å². The van der Waals surface area contributed by atoms with Gasteiger partial charge < -0.3 is 4.74 Å². The van der Waals surface area contributed by atoms with Crippen molar-refractivity contribution in [2.24, 2.45) is 0 Å². The summed E-state index contributed by atoms with van der Waals surface area (Å²) in [5.74, 6) is 0.546. The predicted molar refractivity (Wildman–Crippen MR) is 40.8 cm³/mol. The van der Waals surface area contributed by atoms with E-state index in [1.807, 2.05) is 6.92 Å². The third-order valence-electron chi connectivity index (χ3n) is 1.21. The van der Waals surface area contributed by atoms with Crippen molar-refractivity contribution in [2.75, 3.05) is 6.61 Å². The van der Waals surface area contributed by atoms with Gasteiger partial charge in [-0.25, -0.2) is 4.98 Å². The van der Waals surface area contributed by atoms with Crippen molar-refractivity contribution in [3.63, 3.8) is 0 Å². The molecular weight excluding hydrogens is 142 g/mol. The lowest BCUT2D eigenvalue weighted by atomic mass is 10.3. The molecule has 0 bridgehead atoms. The van der Waals surface area contributed by atoms with Crippen LogP contribution in [0.1, 0.15) is 17.4 Å². The molecule has 0 saturated carbocycles. The van der Waals surface area contributed by atoms with Crippen molar-refractivity contribution in [1.82, 2.24) is 4.98 Å². The van der Waals surface area contributed by atoms with Gasteiger partial charge in [0.25, 0.3) is 0 Å². The van der Waals surface area contributed by atoms with E-state index in [1.54, 1.807) is 18.3 Å². The molecule has 1 heterocycles. The highest BCUT2D eigenvalue weighted by atomic mass is 16.5. The molecule has 0 radical (unpaired) electrons. The Morgan fingerprint density at radius 3 is 3.18 bits per heavy atom. The molecule has 0 aliphatic rings. The number of aldehydes is 1. The maximum atomic E-state index is 10.4. The molecule has 0 aromatic carbocycles. The number of nitrogens with zero attached hydrogens (tertiary/aromatic N) is 1. The number of rotatable bonds is 3. The van der Waals surface area contributed by atoms with E-state index < -0.39 is 0 Å². The van der Waals surface area contributed by atoms with Crippen molar-refractivity contribution in [2.45, 2.75) is 6.92 Å². The van der Waals surface area contributed by atoms with Gasteiger partial charge in [0.05, 0.1) is 6.61 Å². The van der Waals surface area contributed by atoms with Crippen LogP contribution in [-0.2, 0) is 0 Å². The molecule has 1 aromatic heterocycles. The van der Waals surface area contributed by atoms with Gasteiger partial charge in [-0.15, -0.1) is 0 Å². The van der Waals surface area contributed by atoms with Crippen molar-refractivity contribution in [3.8, 4) is 5.75 Å². The number of hydrogen-bond acceptors (Lipinski definition) is 3. The molecule has 3 heteroatoms. The molecule has 0 amide bonds. The molecule has 0 unspecified atom stereocenters. The molecule has 0 saturated heterocycles. The van der Waals surface area contributed by atoms with Gasteiger partial charge in [0, 0.05) is 6.20 Å². The lowest BCUT2D eigenvalue weighted by molar-refractivity contribution is 0.111. The minimum atomic E-state index is 0.356. The molecule has 0 N–H and O–H groups in total. The number of aromatic nitrogens is 1. The molecule has 3 nitrogen and oxygen atoms in total. The smallest absolute Gasteiger partial charge is 0.172 e. The predicted octanol–water partition coefficient (Wildman–Crippen LogP) is 1.29. The van der Waals surface area contributed by atoms with Crippen LogP contribution in [0.4, 0.5) is 0 Å². The number of hydrogen-bond donors (Lipinski definition) is 0. The second-order valence-electron chi connectivity index (χ2n) is 1.94. The Labute approximate surface area is 65.0 Å². The van der Waals surface area contributed by atoms with E-state index in [0.29, 0.717) is 24.3 Å². The van der Waals surface area contributed by atoms with Gasteiger partial charge in [0.2, 0.25) is 0 Å². The lowest BCUT2D eigenvalue weighted by Crippen LogP contribution is -1.97. The van der Waals surface area contributed by atoms with E-state index in [9.17, 15) is 4.79 Å². The van der Waals surface area contributed by atoms with Crippen LogP contribution in [0.25, 0.3) is 0 Å². The van der Waals surface area contributed by atoms with E-state index in [0.717, 1.165) is 0 Å². The van der Waals surface area contributed by atoms with Gasteiger partial charge in [-0.05, 0) is 19.1 Å². The first kappa shape index (κ1) is 7.72. The van der Waals surface area contributed by atoms with Gasteiger partial charge >= 0.3 is 0 Å². The third-order valence-corrected chi connectivity index (χ3v) is 1.21. The summed E-state index contributed by atoms with van der Waals surface area (Å²) in [6.45, 7) is 2.41. The summed E-state index contributed by atoms with van der Waals surface area (Å²) >= 11 is 0. The summed E-state index contributed by atoms with van der Waals surface area (Å²) in [5.41, 5.74) is 0.356. The zero-order chi connectivity index (χ0) is 8.10. The first-order valence-corrected chi connectivity index (χ1v) is 3.41. The summed E-state index contributed by atoms with van der Waals surface area (Å²) in [4.78, 5) is 14.2. The quantitative estimate of drug-likeness (QED) is 0.611. The summed E-state index contributed by atoms with van der Waals surface area (Å²) in [6.07, 6.45) is 2.25. The minimum Gasteiger partial charge on any atom is -0.491 e. The molecular formula is C8H9NO2. The van der Waals surface area contributed by atoms with E-state index in [4.69, 9.17) is 4.74 Å². The highest BCUT2D eigenvalue weighted by Gasteiger charge is 1.99. The summed E-state index contributed by atoms with van der Waals surface area (Å²) in [5, 5.41) is 0. The van der Waals surface area contributed by atoms with Gasteiger partial charge in [0.15, 0.2) is 6.29 Å². The van der Waals surface area contributed by atoms with Gasteiger partial charge in [0.1, 0.15) is 11.4 Å². The van der Waals surface area contributed by atoms with Crippen molar-refractivity contribution in [3.05, 3.63) is 24.0 Å². The molecule has 0 fully saturated rings. The molecule has 0 spiro atoms. The largest absolute Gasteiger partial charge is 0.491 e. The van der Waals surface area contributed by atoms with E-state index in [1.165, 1.54) is 0 Å². The second-order valence-corrected chi connectivity index (χ2v) is 1.94. The standard InChI is InChI=1S/C8H9NO2/c1-2-11-8-4-3-5-9-7(8)6-10/h3-6H,2H2,1H3. The zero-order valence-electron chi connectivity index (χ0n) is 6.28. The maximum Gasteiger partial charge on any atom is 0.172 e. The van der Waals surface area contributed by atoms with Gasteiger partial charge in [-0.3, -0.25) is 4.79 Å². The van der Waals surface area contributed by atoms with Crippen LogP contribution in [0.2, 0.25) is 0 Å². The van der Waals surface area contributed by atoms with Gasteiger partial charge in [-0.1, -0.05) is 0 Å². The zero-order valence-corrected chi connectivity index (χ0v) is 6.28. The van der Waals surface area contributed by atoms with Crippen molar-refractivity contribution in [1.29, 1.82) is 0 Å². The Bertz CT molecular complexity index is 248. The molecule has 11 heavy (non-hydrogen) atoms. The Hall–Kier alpha value is -1.38. The molecule has 0 aliphatic carbocycles. The molecule has 0 atom stereocenters. The number of ether oxygens (including phenoxy) is 1. The van der Waals surface area contributed by atoms with Crippen LogP contribution >= 0.6 is 0 Å². The van der Waals surface area contributed by atoms with Crippen molar-refractivity contribution < 1.29 is 9.53 Å². The molecule has 1 rings (SSSR count). The Morgan fingerprint density at radius 1 is 1.73 bits per heavy atom. The third kappa shape index (κ3) is 1.77. The van der Waals surface area contributed by atoms with Crippen LogP contribution < -0.4 is 4.74 Å². The van der Waals surface area contributed by atoms with E-state index >= 15 is 0 Å². The summed E-state index contributed by atoms with van der Waals surface area (Å²) in [7, 11) is 0. The fourth-order valence-electron chi connectivity index (χ4n) is 0.769. The monoisotopic (exact) mass is 151 g/mol. The average Bonchev–Trinajstić information content (AvgIpc) is 2.06. The Kier molecular flexibility index (Phi) is 2.60. The second kappa shape index (κ2) is 3.71. The van der Waals surface area contributed by atoms with Crippen LogP contribution in [0.15, 0.2) is 18.3 Å². The summed E-state index contributed by atoms with van der Waals surface area (Å²) < 4.78 is 5.13. The maximum absolute atomic E-state index is 10.4. The molecule has 0 aliphatic heterocycles. The first-order valence-electron chi connectivity index (χ1n) is 3.41.